The third-order valence-corrected chi connectivity index (χ3v) is 5.92. The zero-order valence-corrected chi connectivity index (χ0v) is 12.2. The molecule has 0 aromatic carbocycles. The van der Waals surface area contributed by atoms with Crippen LogP contribution in [0.5, 0.6) is 0 Å². The third-order valence-electron chi connectivity index (χ3n) is 5.92. The molecule has 0 aliphatic heterocycles. The molecule has 0 aromatic rings. The first kappa shape index (κ1) is 14.7. The molecule has 3 fully saturated rings. The van der Waals surface area contributed by atoms with Gasteiger partial charge in [-0.15, -0.1) is 6.58 Å². The smallest absolute Gasteiger partial charge is 0.0856 e. The van der Waals surface area contributed by atoms with Crippen LogP contribution >= 0.6 is 0 Å². The molecule has 19 heavy (non-hydrogen) atoms. The molecule has 108 valence electrons. The lowest BCUT2D eigenvalue weighted by Crippen LogP contribution is -2.51. The summed E-state index contributed by atoms with van der Waals surface area (Å²) in [4.78, 5) is 10.7. The lowest BCUT2D eigenvalue weighted by atomic mass is 9.63. The second-order valence-electron chi connectivity index (χ2n) is 7.06. The van der Waals surface area contributed by atoms with Crippen molar-refractivity contribution in [1.82, 2.24) is 0 Å². The largest absolute Gasteiger partial charge is 0.325 e. The molecule has 3 saturated carbocycles. The molecule has 2 bridgehead atoms. The summed E-state index contributed by atoms with van der Waals surface area (Å²) in [7, 11) is 0. The van der Waals surface area contributed by atoms with Gasteiger partial charge in [0.15, 0.2) is 0 Å². The van der Waals surface area contributed by atoms with Crippen LogP contribution in [0, 0.1) is 22.2 Å². The van der Waals surface area contributed by atoms with Crippen molar-refractivity contribution in [2.24, 2.45) is 28.2 Å². The van der Waals surface area contributed by atoms with Crippen molar-refractivity contribution in [3.05, 3.63) is 17.6 Å². The highest BCUT2D eigenvalue weighted by atomic mass is 16.3. The van der Waals surface area contributed by atoms with E-state index in [1.165, 1.54) is 25.7 Å². The van der Waals surface area contributed by atoms with E-state index in [2.05, 4.69) is 24.8 Å². The number of allylic oxidation sites excluding steroid dienone is 1. The Bertz CT molecular complexity index is 334. The van der Waals surface area contributed by atoms with Crippen LogP contribution in [0.25, 0.3) is 0 Å². The highest BCUT2D eigenvalue weighted by Crippen LogP contribution is 2.50. The molecule has 2 unspecified atom stereocenters. The van der Waals surface area contributed by atoms with E-state index in [1.807, 2.05) is 0 Å². The summed E-state index contributed by atoms with van der Waals surface area (Å²) in [5.74, 6) is 1.06. The fourth-order valence-electron chi connectivity index (χ4n) is 4.47. The Balaban J connectivity index is 2.19. The first-order valence-electron chi connectivity index (χ1n) is 7.73. The highest BCUT2D eigenvalue weighted by molar-refractivity contribution is 5.01. The number of hydrogen-bond acceptors (Lipinski definition) is 3. The van der Waals surface area contributed by atoms with E-state index in [4.69, 9.17) is 5.73 Å². The monoisotopic (exact) mass is 264 g/mol. The second-order valence-corrected chi connectivity index (χ2v) is 7.06. The van der Waals surface area contributed by atoms with Crippen LogP contribution in [-0.2, 0) is 0 Å². The molecule has 0 heterocycles. The topological polar surface area (TPSA) is 55.5 Å². The van der Waals surface area contributed by atoms with E-state index in [0.717, 1.165) is 31.6 Å². The van der Waals surface area contributed by atoms with Gasteiger partial charge in [-0.05, 0) is 62.2 Å². The van der Waals surface area contributed by atoms with Crippen LogP contribution in [0.3, 0.4) is 0 Å². The fourth-order valence-corrected chi connectivity index (χ4v) is 4.47. The molecule has 0 spiro atoms. The third kappa shape index (κ3) is 2.91. The van der Waals surface area contributed by atoms with Gasteiger partial charge in [-0.1, -0.05) is 24.6 Å². The minimum Gasteiger partial charge on any atom is -0.325 e. The summed E-state index contributed by atoms with van der Waals surface area (Å²) in [6.45, 7) is 6.76. The van der Waals surface area contributed by atoms with Gasteiger partial charge in [0.2, 0.25) is 0 Å². The molecule has 0 aromatic heterocycles. The van der Waals surface area contributed by atoms with Crippen LogP contribution in [0.4, 0.5) is 0 Å². The standard InChI is InChI=1S/C16H28N2O/c1-3-8-15(2)9-4-5-14(12-18-19)16(17)10-6-13(15)7-11-16/h3,13-14H,1,4-12,17H2,2H3. The fraction of sp³-hybridized carbons (Fsp3) is 0.875. The van der Waals surface area contributed by atoms with Gasteiger partial charge < -0.3 is 5.73 Å². The van der Waals surface area contributed by atoms with E-state index >= 15 is 0 Å². The predicted molar refractivity (Wildman–Crippen MR) is 79.8 cm³/mol. The highest BCUT2D eigenvalue weighted by Gasteiger charge is 2.44. The quantitative estimate of drug-likeness (QED) is 0.616. The lowest BCUT2D eigenvalue weighted by molar-refractivity contribution is 0.0941. The van der Waals surface area contributed by atoms with Gasteiger partial charge in [-0.3, -0.25) is 0 Å². The predicted octanol–water partition coefficient (Wildman–Crippen LogP) is 4.02. The number of rotatable bonds is 4. The van der Waals surface area contributed by atoms with Gasteiger partial charge in [-0.25, -0.2) is 0 Å². The summed E-state index contributed by atoms with van der Waals surface area (Å²) in [6, 6.07) is 0. The van der Waals surface area contributed by atoms with E-state index in [1.54, 1.807) is 0 Å². The van der Waals surface area contributed by atoms with Gasteiger partial charge in [0.05, 0.1) is 6.54 Å². The van der Waals surface area contributed by atoms with Crippen LogP contribution in [0.1, 0.15) is 58.3 Å². The Labute approximate surface area is 117 Å². The molecule has 3 aliphatic carbocycles. The molecule has 0 radical (unpaired) electrons. The second kappa shape index (κ2) is 5.74. The number of nitrogens with two attached hydrogens (primary N) is 1. The van der Waals surface area contributed by atoms with E-state index < -0.39 is 0 Å². The summed E-state index contributed by atoms with van der Waals surface area (Å²) < 4.78 is 0. The van der Waals surface area contributed by atoms with Crippen LogP contribution in [0.15, 0.2) is 17.8 Å². The number of hydrogen-bond donors (Lipinski definition) is 1. The first-order chi connectivity index (χ1) is 9.04. The van der Waals surface area contributed by atoms with Gasteiger partial charge in [0.25, 0.3) is 0 Å². The molecule has 3 nitrogen and oxygen atoms in total. The van der Waals surface area contributed by atoms with E-state index in [9.17, 15) is 4.91 Å². The van der Waals surface area contributed by atoms with Crippen molar-refractivity contribution in [3.8, 4) is 0 Å². The molecule has 0 amide bonds. The Kier molecular flexibility index (Phi) is 4.44. The van der Waals surface area contributed by atoms with Gasteiger partial charge >= 0.3 is 0 Å². The van der Waals surface area contributed by atoms with E-state index in [-0.39, 0.29) is 11.5 Å². The van der Waals surface area contributed by atoms with Crippen LogP contribution in [-0.4, -0.2) is 12.1 Å². The van der Waals surface area contributed by atoms with E-state index in [0.29, 0.717) is 12.0 Å². The number of nitroso groups, excluding NO2 is 1. The minimum atomic E-state index is -0.135. The summed E-state index contributed by atoms with van der Waals surface area (Å²) in [6.07, 6.45) is 11.2. The summed E-state index contributed by atoms with van der Waals surface area (Å²) >= 11 is 0. The number of nitrogens with zero attached hydrogens (tertiary/aromatic N) is 1. The van der Waals surface area contributed by atoms with Crippen molar-refractivity contribution in [3.63, 3.8) is 0 Å². The molecule has 3 aliphatic rings. The molecule has 3 rings (SSSR count). The maximum atomic E-state index is 10.7. The molecule has 2 atom stereocenters. The normalized spacial score (nSPS) is 43.1. The summed E-state index contributed by atoms with van der Waals surface area (Å²) in [5.41, 5.74) is 6.86. The van der Waals surface area contributed by atoms with Crippen molar-refractivity contribution in [2.45, 2.75) is 63.8 Å². The van der Waals surface area contributed by atoms with Crippen molar-refractivity contribution >= 4 is 0 Å². The summed E-state index contributed by atoms with van der Waals surface area (Å²) in [5, 5.41) is 3.15. The van der Waals surface area contributed by atoms with Crippen molar-refractivity contribution < 1.29 is 0 Å². The SMILES string of the molecule is C=CCC1(C)CCCC(CN=O)C2(N)CCC1CC2. The van der Waals surface area contributed by atoms with Crippen LogP contribution in [0.2, 0.25) is 0 Å². The van der Waals surface area contributed by atoms with Crippen LogP contribution < -0.4 is 5.73 Å². The Morgan fingerprint density at radius 1 is 1.32 bits per heavy atom. The molecule has 0 saturated heterocycles. The number of fused-ring (bicyclic) bond motifs is 6. The molecular weight excluding hydrogens is 236 g/mol. The zero-order valence-electron chi connectivity index (χ0n) is 12.2. The Hall–Kier alpha value is -0.700. The average Bonchev–Trinajstić information content (AvgIpc) is 2.45. The van der Waals surface area contributed by atoms with Gasteiger partial charge in [-0.2, -0.15) is 4.91 Å². The van der Waals surface area contributed by atoms with Gasteiger partial charge in [0.1, 0.15) is 0 Å². The molecule has 3 heteroatoms. The maximum absolute atomic E-state index is 10.7. The zero-order chi connectivity index (χ0) is 13.9. The molecular formula is C16H28N2O. The lowest BCUT2D eigenvalue weighted by Gasteiger charge is -2.45. The minimum absolute atomic E-state index is 0.135. The Morgan fingerprint density at radius 2 is 2.00 bits per heavy atom. The van der Waals surface area contributed by atoms with Gasteiger partial charge in [0, 0.05) is 5.54 Å². The average molecular weight is 264 g/mol. The Morgan fingerprint density at radius 3 is 2.58 bits per heavy atom. The first-order valence-corrected chi connectivity index (χ1v) is 7.73. The maximum Gasteiger partial charge on any atom is 0.0856 e. The van der Waals surface area contributed by atoms with Crippen molar-refractivity contribution in [1.29, 1.82) is 0 Å². The van der Waals surface area contributed by atoms with Crippen molar-refractivity contribution in [2.75, 3.05) is 6.54 Å². The molecule has 2 N–H and O–H groups in total.